The Bertz CT molecular complexity index is 607. The van der Waals surface area contributed by atoms with E-state index in [0.717, 1.165) is 5.57 Å². The summed E-state index contributed by atoms with van der Waals surface area (Å²) >= 11 is 0. The average molecular weight is 319 g/mol. The number of allylic oxidation sites excluding steroid dienone is 1. The maximum atomic E-state index is 12.6. The number of carbonyl (C=O) groups excluding carboxylic acids is 1. The number of amides is 1. The van der Waals surface area contributed by atoms with Gasteiger partial charge in [0.2, 0.25) is 0 Å². The molecule has 6 heteroatoms. The Labute approximate surface area is 135 Å². The van der Waals surface area contributed by atoms with Crippen LogP contribution in [-0.4, -0.2) is 54.3 Å². The van der Waals surface area contributed by atoms with Gasteiger partial charge in [0.1, 0.15) is 12.4 Å². The number of rotatable bonds is 5. The summed E-state index contributed by atoms with van der Waals surface area (Å²) < 4.78 is 10.7. The molecule has 1 aromatic rings. The van der Waals surface area contributed by atoms with Gasteiger partial charge in [-0.15, -0.1) is 0 Å². The maximum absolute atomic E-state index is 12.6. The third-order valence-corrected chi connectivity index (χ3v) is 3.50. The molecule has 0 spiro atoms. The number of carboxylic acids is 1. The highest BCUT2D eigenvalue weighted by Gasteiger charge is 2.33. The molecule has 0 aromatic heterocycles. The van der Waals surface area contributed by atoms with Crippen molar-refractivity contribution < 1.29 is 24.2 Å². The molecule has 124 valence electrons. The normalized spacial score (nSPS) is 17.5. The molecule has 1 N–H and O–H groups in total. The van der Waals surface area contributed by atoms with Gasteiger partial charge in [-0.2, -0.15) is 0 Å². The predicted octanol–water partition coefficient (Wildman–Crippen LogP) is 1.96. The lowest BCUT2D eigenvalue weighted by atomic mass is 10.1. The topological polar surface area (TPSA) is 76.1 Å². The monoisotopic (exact) mass is 319 g/mol. The van der Waals surface area contributed by atoms with Crippen LogP contribution in [0.15, 0.2) is 35.9 Å². The van der Waals surface area contributed by atoms with Gasteiger partial charge in [-0.3, -0.25) is 4.79 Å². The van der Waals surface area contributed by atoms with Crippen LogP contribution < -0.4 is 4.74 Å². The minimum atomic E-state index is -1.06. The van der Waals surface area contributed by atoms with Crippen molar-refractivity contribution in [3.05, 3.63) is 41.5 Å². The second-order valence-corrected chi connectivity index (χ2v) is 5.55. The fraction of sp³-hybridized carbons (Fsp3) is 0.412. The van der Waals surface area contributed by atoms with Gasteiger partial charge in [0.15, 0.2) is 6.04 Å². The van der Waals surface area contributed by atoms with Crippen molar-refractivity contribution in [2.75, 3.05) is 26.4 Å². The van der Waals surface area contributed by atoms with Crippen LogP contribution in [0, 0.1) is 0 Å². The van der Waals surface area contributed by atoms with E-state index in [0.29, 0.717) is 24.5 Å². The molecule has 2 rings (SSSR count). The van der Waals surface area contributed by atoms with Crippen LogP contribution in [0.4, 0.5) is 0 Å². The Balaban J connectivity index is 2.12. The number of carboxylic acid groups (broad SMARTS) is 1. The van der Waals surface area contributed by atoms with Crippen molar-refractivity contribution in [3.63, 3.8) is 0 Å². The van der Waals surface area contributed by atoms with Crippen molar-refractivity contribution in [1.82, 2.24) is 4.90 Å². The van der Waals surface area contributed by atoms with Crippen LogP contribution in [0.2, 0.25) is 0 Å². The number of nitrogens with zero attached hydrogens (tertiary/aromatic N) is 1. The van der Waals surface area contributed by atoms with E-state index in [1.165, 1.54) is 4.90 Å². The molecule has 0 saturated carbocycles. The van der Waals surface area contributed by atoms with Crippen molar-refractivity contribution in [2.45, 2.75) is 19.9 Å². The molecule has 1 aliphatic heterocycles. The van der Waals surface area contributed by atoms with Crippen molar-refractivity contribution >= 4 is 11.9 Å². The van der Waals surface area contributed by atoms with Crippen LogP contribution in [0.1, 0.15) is 24.2 Å². The minimum Gasteiger partial charge on any atom is -0.490 e. The first-order valence-corrected chi connectivity index (χ1v) is 7.47. The molecule has 6 nitrogen and oxygen atoms in total. The van der Waals surface area contributed by atoms with Crippen LogP contribution in [0.3, 0.4) is 0 Å². The molecule has 1 aliphatic rings. The first kappa shape index (κ1) is 17.0. The van der Waals surface area contributed by atoms with E-state index in [1.807, 2.05) is 19.9 Å². The van der Waals surface area contributed by atoms with Crippen molar-refractivity contribution in [3.8, 4) is 5.75 Å². The van der Waals surface area contributed by atoms with E-state index in [-0.39, 0.29) is 19.1 Å². The Morgan fingerprint density at radius 2 is 2.22 bits per heavy atom. The van der Waals surface area contributed by atoms with Crippen LogP contribution in [-0.2, 0) is 9.53 Å². The average Bonchev–Trinajstić information content (AvgIpc) is 2.54. The number of hydrogen-bond acceptors (Lipinski definition) is 4. The number of ether oxygens (including phenoxy) is 2. The zero-order chi connectivity index (χ0) is 16.8. The summed E-state index contributed by atoms with van der Waals surface area (Å²) in [6.45, 7) is 5.00. The quantitative estimate of drug-likeness (QED) is 0.840. The smallest absolute Gasteiger partial charge is 0.328 e. The highest BCUT2D eigenvalue weighted by atomic mass is 16.5. The van der Waals surface area contributed by atoms with Crippen LogP contribution in [0.5, 0.6) is 5.75 Å². The SMILES string of the molecule is CC(C)=CCOc1cccc(C(=O)N2CCOC[C@H]2C(=O)O)c1. The largest absolute Gasteiger partial charge is 0.490 e. The summed E-state index contributed by atoms with van der Waals surface area (Å²) in [5, 5.41) is 9.22. The maximum Gasteiger partial charge on any atom is 0.328 e. The summed E-state index contributed by atoms with van der Waals surface area (Å²) in [7, 11) is 0. The fourth-order valence-corrected chi connectivity index (χ4v) is 2.24. The van der Waals surface area contributed by atoms with Gasteiger partial charge >= 0.3 is 5.97 Å². The molecular weight excluding hydrogens is 298 g/mol. The van der Waals surface area contributed by atoms with Gasteiger partial charge < -0.3 is 19.5 Å². The summed E-state index contributed by atoms with van der Waals surface area (Å²) in [6.07, 6.45) is 1.94. The van der Waals surface area contributed by atoms with E-state index < -0.39 is 12.0 Å². The first-order valence-electron chi connectivity index (χ1n) is 7.47. The van der Waals surface area contributed by atoms with Gasteiger partial charge in [-0.1, -0.05) is 11.6 Å². The Morgan fingerprint density at radius 1 is 1.43 bits per heavy atom. The van der Waals surface area contributed by atoms with Crippen molar-refractivity contribution in [2.24, 2.45) is 0 Å². The van der Waals surface area contributed by atoms with Crippen molar-refractivity contribution in [1.29, 1.82) is 0 Å². The first-order chi connectivity index (χ1) is 11.0. The summed E-state index contributed by atoms with van der Waals surface area (Å²) in [4.78, 5) is 25.2. The Kier molecular flexibility index (Phi) is 5.76. The third-order valence-electron chi connectivity index (χ3n) is 3.50. The van der Waals surface area contributed by atoms with E-state index in [9.17, 15) is 14.7 Å². The van der Waals surface area contributed by atoms with Gasteiger partial charge in [0.05, 0.1) is 13.2 Å². The summed E-state index contributed by atoms with van der Waals surface area (Å²) in [5.41, 5.74) is 1.56. The molecule has 1 saturated heterocycles. The number of hydrogen-bond donors (Lipinski definition) is 1. The minimum absolute atomic E-state index is 0.0117. The Hall–Kier alpha value is -2.34. The molecule has 0 radical (unpaired) electrons. The standard InChI is InChI=1S/C17H21NO5/c1-12(2)6-8-23-14-5-3-4-13(10-14)16(19)18-7-9-22-11-15(18)17(20)21/h3-6,10,15H,7-9,11H2,1-2H3,(H,20,21)/t15-/m0/s1. The molecule has 0 aliphatic carbocycles. The van der Waals surface area contributed by atoms with E-state index >= 15 is 0 Å². The molecule has 1 aromatic carbocycles. The van der Waals surface area contributed by atoms with Crippen LogP contribution in [0.25, 0.3) is 0 Å². The number of benzene rings is 1. The molecule has 0 unspecified atom stereocenters. The van der Waals surface area contributed by atoms with Gasteiger partial charge in [-0.05, 0) is 38.1 Å². The highest BCUT2D eigenvalue weighted by Crippen LogP contribution is 2.18. The number of carbonyl (C=O) groups is 2. The van der Waals surface area contributed by atoms with Gasteiger partial charge in [-0.25, -0.2) is 4.79 Å². The third kappa shape index (κ3) is 4.56. The predicted molar refractivity (Wildman–Crippen MR) is 84.6 cm³/mol. The number of aliphatic carboxylic acids is 1. The number of morpholine rings is 1. The Morgan fingerprint density at radius 3 is 2.91 bits per heavy atom. The van der Waals surface area contributed by atoms with Crippen LogP contribution >= 0.6 is 0 Å². The second kappa shape index (κ2) is 7.78. The lowest BCUT2D eigenvalue weighted by Crippen LogP contribution is -2.52. The molecule has 1 fully saturated rings. The summed E-state index contributed by atoms with van der Waals surface area (Å²) in [6, 6.07) is 5.83. The second-order valence-electron chi connectivity index (χ2n) is 5.55. The zero-order valence-corrected chi connectivity index (χ0v) is 13.3. The molecule has 1 amide bonds. The zero-order valence-electron chi connectivity index (χ0n) is 13.3. The molecule has 1 heterocycles. The molecule has 23 heavy (non-hydrogen) atoms. The molecular formula is C17H21NO5. The van der Waals surface area contributed by atoms with E-state index in [2.05, 4.69) is 0 Å². The van der Waals surface area contributed by atoms with Gasteiger partial charge in [0, 0.05) is 12.1 Å². The lowest BCUT2D eigenvalue weighted by molar-refractivity contribution is -0.147. The summed E-state index contributed by atoms with van der Waals surface area (Å²) in [5.74, 6) is -0.809. The van der Waals surface area contributed by atoms with E-state index in [1.54, 1.807) is 24.3 Å². The molecule has 0 bridgehead atoms. The van der Waals surface area contributed by atoms with E-state index in [4.69, 9.17) is 9.47 Å². The highest BCUT2D eigenvalue weighted by molar-refractivity contribution is 5.97. The lowest BCUT2D eigenvalue weighted by Gasteiger charge is -2.32. The van der Waals surface area contributed by atoms with Gasteiger partial charge in [0.25, 0.3) is 5.91 Å². The molecule has 1 atom stereocenters. The fourth-order valence-electron chi connectivity index (χ4n) is 2.24.